The Labute approximate surface area is 282 Å². The van der Waals surface area contributed by atoms with E-state index in [0.29, 0.717) is 9.54 Å². The molecule has 2 aromatic heterocycles. The van der Waals surface area contributed by atoms with Gasteiger partial charge in [0.25, 0.3) is 10.0 Å². The molecule has 0 radical (unpaired) electrons. The van der Waals surface area contributed by atoms with Gasteiger partial charge in [-0.05, 0) is 76.3 Å². The smallest absolute Gasteiger partial charge is 0.409 e. The van der Waals surface area contributed by atoms with Crippen molar-refractivity contribution in [2.75, 3.05) is 40.4 Å². The Hall–Kier alpha value is -4.11. The lowest BCUT2D eigenvalue weighted by Gasteiger charge is -2.52. The van der Waals surface area contributed by atoms with Crippen LogP contribution in [0, 0.1) is 5.82 Å². The molecule has 0 spiro atoms. The van der Waals surface area contributed by atoms with Crippen LogP contribution < -0.4 is 9.47 Å². The van der Waals surface area contributed by atoms with Crippen molar-refractivity contribution in [3.63, 3.8) is 0 Å². The molecule has 3 unspecified atom stereocenters. The summed E-state index contributed by atoms with van der Waals surface area (Å²) in [6, 6.07) is 10.5. The zero-order chi connectivity index (χ0) is 34.3. The van der Waals surface area contributed by atoms with Crippen LogP contribution in [0.5, 0.6) is 17.5 Å². The number of benzene rings is 2. The van der Waals surface area contributed by atoms with Gasteiger partial charge in [-0.3, -0.25) is 9.80 Å². The average molecular weight is 702 g/mol. The molecule has 4 aromatic rings. The molecule has 2 saturated heterocycles. The number of piperidine rings is 1. The number of methoxy groups -OCH3 is 1. The van der Waals surface area contributed by atoms with Gasteiger partial charge in [0.15, 0.2) is 0 Å². The second kappa shape index (κ2) is 13.4. The van der Waals surface area contributed by atoms with E-state index < -0.39 is 45.4 Å². The molecule has 0 aliphatic carbocycles. The Balaban J connectivity index is 1.68. The number of nitrogens with zero attached hydrogens (tertiary/aromatic N) is 5. The number of likely N-dealkylation sites (tertiary alicyclic amines) is 1. The van der Waals surface area contributed by atoms with Crippen molar-refractivity contribution < 1.29 is 37.3 Å². The highest BCUT2D eigenvalue weighted by molar-refractivity contribution is 7.90. The fraction of sp³-hybridized carbons (Fsp3) is 0.394. The van der Waals surface area contributed by atoms with E-state index in [2.05, 4.69) is 14.8 Å². The summed E-state index contributed by atoms with van der Waals surface area (Å²) in [6.07, 6.45) is 1.64. The van der Waals surface area contributed by atoms with Gasteiger partial charge in [0.1, 0.15) is 22.0 Å². The van der Waals surface area contributed by atoms with Crippen LogP contribution in [0.15, 0.2) is 65.7 Å². The summed E-state index contributed by atoms with van der Waals surface area (Å²) in [4.78, 5) is 22.7. The molecule has 0 saturated carbocycles. The summed E-state index contributed by atoms with van der Waals surface area (Å²) in [5.74, 6) is -1.21. The van der Waals surface area contributed by atoms with E-state index in [-0.39, 0.29) is 52.2 Å². The first-order chi connectivity index (χ1) is 23.0. The molecule has 48 heavy (non-hydrogen) atoms. The highest BCUT2D eigenvalue weighted by atomic mass is 35.5. The van der Waals surface area contributed by atoms with Gasteiger partial charge in [0.05, 0.1) is 31.3 Å². The second-order valence-electron chi connectivity index (χ2n) is 11.9. The van der Waals surface area contributed by atoms with E-state index in [1.165, 1.54) is 31.4 Å². The van der Waals surface area contributed by atoms with Crippen LogP contribution in [0.4, 0.5) is 9.18 Å². The first kappa shape index (κ1) is 33.8. The number of hydrogen-bond acceptors (Lipinski definition) is 9. The summed E-state index contributed by atoms with van der Waals surface area (Å²) in [7, 11) is -1.25. The van der Waals surface area contributed by atoms with Crippen molar-refractivity contribution in [1.29, 1.82) is 0 Å². The van der Waals surface area contributed by atoms with Gasteiger partial charge < -0.3 is 24.6 Å². The van der Waals surface area contributed by atoms with Crippen molar-refractivity contribution in [3.8, 4) is 17.5 Å². The standard InChI is InChI=1S/C33H37ClFN5O7S/c1-4-47-31-22(8-7-15-36-31)29-30(39(33(42)43)27(34)19-38(29)21-13-16-37(2)17-14-21)28-23-18-20(35)11-12-24(23)40(32(28)41)48(44,45)26-10-6-5-9-25(26)46-3/h5-12,15,18,21,27,29-30,41H,4,13-14,16-17,19H2,1-3H3,(H,42,43). The Kier molecular flexibility index (Phi) is 9.44. The zero-order valence-electron chi connectivity index (χ0n) is 26.7. The number of carboxylic acid groups (broad SMARTS) is 1. The van der Waals surface area contributed by atoms with E-state index in [4.69, 9.17) is 21.1 Å². The van der Waals surface area contributed by atoms with Gasteiger partial charge in [-0.1, -0.05) is 29.8 Å². The van der Waals surface area contributed by atoms with Gasteiger partial charge in [0, 0.05) is 35.3 Å². The monoisotopic (exact) mass is 701 g/mol. The molecule has 12 nitrogen and oxygen atoms in total. The molecule has 6 rings (SSSR count). The fourth-order valence-corrected chi connectivity index (χ4v) is 9.03. The maximum atomic E-state index is 15.1. The Morgan fingerprint density at radius 1 is 1.10 bits per heavy atom. The maximum absolute atomic E-state index is 15.1. The molecular weight excluding hydrogens is 665 g/mol. The maximum Gasteiger partial charge on any atom is 0.409 e. The zero-order valence-corrected chi connectivity index (χ0v) is 28.2. The average Bonchev–Trinajstić information content (AvgIpc) is 3.36. The number of hydrogen-bond donors (Lipinski definition) is 2. The second-order valence-corrected chi connectivity index (χ2v) is 14.2. The summed E-state index contributed by atoms with van der Waals surface area (Å²) >= 11 is 6.93. The third kappa shape index (κ3) is 5.80. The molecule has 2 aromatic carbocycles. The van der Waals surface area contributed by atoms with Crippen molar-refractivity contribution in [2.24, 2.45) is 0 Å². The van der Waals surface area contributed by atoms with E-state index in [1.807, 2.05) is 7.05 Å². The SMILES string of the molecule is CCOc1ncccc1C1C(c2c(O)n(S(=O)(=O)c3ccccc3OC)c3ccc(F)cc23)N(C(=O)O)C(Cl)CN1C1CCN(C)CC1. The van der Waals surface area contributed by atoms with Gasteiger partial charge >= 0.3 is 6.09 Å². The molecule has 0 bridgehead atoms. The number of pyridine rings is 1. The minimum absolute atomic E-state index is 0.00293. The third-order valence-corrected chi connectivity index (χ3v) is 11.3. The highest BCUT2D eigenvalue weighted by Crippen LogP contribution is 2.53. The fourth-order valence-electron chi connectivity index (χ4n) is 7.07. The molecule has 3 atom stereocenters. The number of ether oxygens (including phenoxy) is 2. The normalized spacial score (nSPS) is 21.4. The van der Waals surface area contributed by atoms with Crippen LogP contribution in [-0.4, -0.2) is 100 Å². The van der Waals surface area contributed by atoms with Crippen molar-refractivity contribution >= 4 is 38.6 Å². The van der Waals surface area contributed by atoms with Gasteiger partial charge in [0.2, 0.25) is 11.8 Å². The first-order valence-corrected chi connectivity index (χ1v) is 17.5. The van der Waals surface area contributed by atoms with E-state index in [9.17, 15) is 23.4 Å². The summed E-state index contributed by atoms with van der Waals surface area (Å²) in [5, 5.41) is 22.9. The number of halogens is 2. The molecule has 2 aliphatic heterocycles. The number of amides is 1. The molecule has 256 valence electrons. The number of piperazine rings is 1. The summed E-state index contributed by atoms with van der Waals surface area (Å²) in [6.45, 7) is 3.76. The van der Waals surface area contributed by atoms with Crippen LogP contribution in [0.2, 0.25) is 0 Å². The van der Waals surface area contributed by atoms with E-state index in [0.717, 1.165) is 43.0 Å². The number of aromatic nitrogens is 2. The van der Waals surface area contributed by atoms with Gasteiger partial charge in [-0.25, -0.2) is 26.6 Å². The van der Waals surface area contributed by atoms with Crippen LogP contribution in [0.25, 0.3) is 10.9 Å². The lowest BCUT2D eigenvalue weighted by Crippen LogP contribution is -2.59. The van der Waals surface area contributed by atoms with Crippen LogP contribution in [-0.2, 0) is 10.0 Å². The lowest BCUT2D eigenvalue weighted by atomic mass is 9.86. The van der Waals surface area contributed by atoms with E-state index in [1.54, 1.807) is 31.3 Å². The molecule has 15 heteroatoms. The largest absolute Gasteiger partial charge is 0.495 e. The van der Waals surface area contributed by atoms with Crippen molar-refractivity contribution in [2.45, 2.75) is 48.3 Å². The minimum Gasteiger partial charge on any atom is -0.495 e. The first-order valence-electron chi connectivity index (χ1n) is 15.6. The van der Waals surface area contributed by atoms with Gasteiger partial charge in [-0.2, -0.15) is 0 Å². The van der Waals surface area contributed by atoms with Gasteiger partial charge in [-0.15, -0.1) is 0 Å². The molecule has 4 heterocycles. The quantitative estimate of drug-likeness (QED) is 0.185. The van der Waals surface area contributed by atoms with Crippen LogP contribution in [0.1, 0.15) is 43.0 Å². The van der Waals surface area contributed by atoms with E-state index >= 15 is 4.39 Å². The number of fused-ring (bicyclic) bond motifs is 1. The lowest BCUT2D eigenvalue weighted by molar-refractivity contribution is -0.0282. The number of aromatic hydroxyl groups is 1. The third-order valence-electron chi connectivity index (χ3n) is 9.18. The molecule has 2 N–H and O–H groups in total. The van der Waals surface area contributed by atoms with Crippen molar-refractivity contribution in [1.82, 2.24) is 23.7 Å². The molecule has 2 fully saturated rings. The summed E-state index contributed by atoms with van der Waals surface area (Å²) in [5.41, 5.74) is -0.780. The predicted octanol–water partition coefficient (Wildman–Crippen LogP) is 5.26. The number of para-hydroxylation sites is 1. The minimum atomic E-state index is -4.60. The molecule has 1 amide bonds. The summed E-state index contributed by atoms with van der Waals surface area (Å²) < 4.78 is 55.9. The molecule has 2 aliphatic rings. The Morgan fingerprint density at radius 2 is 1.83 bits per heavy atom. The molecular formula is C33H37ClFN5O7S. The van der Waals surface area contributed by atoms with Crippen LogP contribution in [0.3, 0.4) is 0 Å². The number of alkyl halides is 1. The topological polar surface area (TPSA) is 138 Å². The predicted molar refractivity (Wildman–Crippen MR) is 177 cm³/mol. The number of carbonyl (C=O) groups is 1. The van der Waals surface area contributed by atoms with Crippen molar-refractivity contribution in [3.05, 3.63) is 77.7 Å². The Morgan fingerprint density at radius 3 is 2.52 bits per heavy atom. The van der Waals surface area contributed by atoms with Crippen LogP contribution >= 0.6 is 11.6 Å². The highest BCUT2D eigenvalue weighted by Gasteiger charge is 2.51. The Bertz CT molecular complexity index is 1930. The number of rotatable bonds is 8.